The van der Waals surface area contributed by atoms with Crippen molar-refractivity contribution in [2.24, 2.45) is 0 Å². The maximum atomic E-state index is 10.7. The quantitative estimate of drug-likeness (QED) is 0.305. The van der Waals surface area contributed by atoms with Crippen molar-refractivity contribution in [1.82, 2.24) is 0 Å². The molecule has 0 aromatic carbocycles. The largest absolute Gasteiger partial charge is 0.505 e. The van der Waals surface area contributed by atoms with Crippen LogP contribution in [0.5, 0.6) is 0 Å². The van der Waals surface area contributed by atoms with E-state index in [1.165, 1.54) is 0 Å². The minimum absolute atomic E-state index is 0.875. The van der Waals surface area contributed by atoms with Crippen molar-refractivity contribution in [1.29, 1.82) is 0 Å². The Hall–Kier alpha value is -1.12. The minimum atomic E-state index is -4.77. The Morgan fingerprint density at radius 1 is 1.44 bits per heavy atom. The third-order valence-corrected chi connectivity index (χ3v) is 2.19. The Bertz CT molecular complexity index is 368. The molecule has 0 bridgehead atoms. The highest BCUT2D eigenvalue weighted by Crippen LogP contribution is 2.36. The van der Waals surface area contributed by atoms with Crippen LogP contribution in [0.4, 0.5) is 0 Å². The second-order valence-electron chi connectivity index (χ2n) is 2.91. The number of cyclic esters (lactones) is 1. The summed E-state index contributed by atoms with van der Waals surface area (Å²) >= 11 is 0. The van der Waals surface area contributed by atoms with E-state index >= 15 is 0 Å². The molecule has 0 aliphatic carbocycles. The van der Waals surface area contributed by atoms with E-state index in [1.54, 1.807) is 0 Å². The van der Waals surface area contributed by atoms with Crippen LogP contribution in [0, 0.1) is 0 Å². The van der Waals surface area contributed by atoms with Gasteiger partial charge >= 0.3 is 13.8 Å². The number of aliphatic hydroxyl groups excluding tert-OH is 3. The van der Waals surface area contributed by atoms with E-state index in [2.05, 4.69) is 9.26 Å². The SMILES string of the molecule is O=C1OC([C@@H](O)COP(=O)(O)O)C(O)=C1O. The summed E-state index contributed by atoms with van der Waals surface area (Å²) in [5.74, 6) is -3.20. The molecule has 2 atom stereocenters. The Morgan fingerprint density at radius 3 is 2.38 bits per heavy atom. The van der Waals surface area contributed by atoms with Crippen LogP contribution < -0.4 is 0 Å². The van der Waals surface area contributed by atoms with Gasteiger partial charge in [0.15, 0.2) is 11.9 Å². The topological polar surface area (TPSA) is 154 Å². The van der Waals surface area contributed by atoms with E-state index < -0.39 is 44.1 Å². The fourth-order valence-corrected chi connectivity index (χ4v) is 1.33. The molecule has 0 saturated carbocycles. The van der Waals surface area contributed by atoms with Crippen LogP contribution >= 0.6 is 7.82 Å². The molecule has 16 heavy (non-hydrogen) atoms. The van der Waals surface area contributed by atoms with Gasteiger partial charge in [-0.2, -0.15) is 0 Å². The number of hydrogen-bond acceptors (Lipinski definition) is 7. The molecule has 9 nitrogen and oxygen atoms in total. The molecule has 0 spiro atoms. The number of carbonyl (C=O) groups excluding carboxylic acids is 1. The zero-order valence-electron chi connectivity index (χ0n) is 7.68. The zero-order chi connectivity index (χ0) is 12.5. The lowest BCUT2D eigenvalue weighted by Gasteiger charge is -2.17. The second kappa shape index (κ2) is 4.40. The summed E-state index contributed by atoms with van der Waals surface area (Å²) < 4.78 is 18.5. The molecule has 10 heteroatoms. The third-order valence-electron chi connectivity index (χ3n) is 1.70. The number of rotatable bonds is 4. The van der Waals surface area contributed by atoms with Crippen molar-refractivity contribution >= 4 is 13.8 Å². The maximum Gasteiger partial charge on any atom is 0.469 e. The van der Waals surface area contributed by atoms with E-state index in [4.69, 9.17) is 20.0 Å². The molecule has 1 heterocycles. The van der Waals surface area contributed by atoms with Crippen LogP contribution in [0.3, 0.4) is 0 Å². The van der Waals surface area contributed by atoms with Crippen LogP contribution in [0.15, 0.2) is 11.5 Å². The molecular formula is C6H9O9P. The zero-order valence-corrected chi connectivity index (χ0v) is 8.57. The number of hydrogen-bond donors (Lipinski definition) is 5. The highest BCUT2D eigenvalue weighted by molar-refractivity contribution is 7.46. The molecule has 92 valence electrons. The van der Waals surface area contributed by atoms with Crippen LogP contribution in [0.1, 0.15) is 0 Å². The van der Waals surface area contributed by atoms with Gasteiger partial charge in [-0.05, 0) is 0 Å². The molecule has 1 aliphatic heterocycles. The molecule has 0 radical (unpaired) electrons. The number of phosphoric acid groups is 1. The number of aliphatic hydroxyl groups is 3. The van der Waals surface area contributed by atoms with Crippen molar-refractivity contribution in [2.45, 2.75) is 12.2 Å². The van der Waals surface area contributed by atoms with Gasteiger partial charge in [-0.1, -0.05) is 0 Å². The van der Waals surface area contributed by atoms with Crippen molar-refractivity contribution in [3.63, 3.8) is 0 Å². The standard InChI is InChI=1S/C6H9O9P/c7-2(1-14-16(11,12)13)5-3(8)4(9)6(10)15-5/h2,5,7-9H,1H2,(H2,11,12,13)/t2-,5?/m0/s1. The predicted molar refractivity (Wildman–Crippen MR) is 46.2 cm³/mol. The summed E-state index contributed by atoms with van der Waals surface area (Å²) in [6, 6.07) is 0. The Labute approximate surface area is 88.8 Å². The van der Waals surface area contributed by atoms with Crippen molar-refractivity contribution in [3.05, 3.63) is 11.5 Å². The summed E-state index contributed by atoms with van der Waals surface area (Å²) in [5, 5.41) is 27.2. The van der Waals surface area contributed by atoms with Gasteiger partial charge in [0.05, 0.1) is 6.61 Å². The summed E-state index contributed by atoms with van der Waals surface area (Å²) in [6.07, 6.45) is -3.31. The molecule has 0 fully saturated rings. The van der Waals surface area contributed by atoms with Gasteiger partial charge in [-0.3, -0.25) is 4.52 Å². The number of carbonyl (C=O) groups is 1. The van der Waals surface area contributed by atoms with Crippen molar-refractivity contribution in [3.8, 4) is 0 Å². The molecule has 0 saturated heterocycles. The van der Waals surface area contributed by atoms with Gasteiger partial charge in [0.25, 0.3) is 0 Å². The van der Waals surface area contributed by atoms with E-state index in [0.29, 0.717) is 0 Å². The van der Waals surface area contributed by atoms with E-state index in [1.807, 2.05) is 0 Å². The number of ether oxygens (including phenoxy) is 1. The Morgan fingerprint density at radius 2 is 2.00 bits per heavy atom. The van der Waals surface area contributed by atoms with Crippen molar-refractivity contribution < 1.29 is 43.7 Å². The van der Waals surface area contributed by atoms with E-state index in [9.17, 15) is 14.5 Å². The predicted octanol–water partition coefficient (Wildman–Crippen LogP) is -1.29. The average Bonchev–Trinajstić information content (AvgIpc) is 2.41. The molecule has 0 aromatic rings. The van der Waals surface area contributed by atoms with Crippen molar-refractivity contribution in [2.75, 3.05) is 6.61 Å². The lowest BCUT2D eigenvalue weighted by atomic mass is 10.2. The third kappa shape index (κ3) is 2.94. The van der Waals surface area contributed by atoms with Gasteiger partial charge < -0.3 is 29.8 Å². The van der Waals surface area contributed by atoms with Crippen LogP contribution in [0.2, 0.25) is 0 Å². The molecule has 1 rings (SSSR count). The van der Waals surface area contributed by atoms with Crippen LogP contribution in [-0.4, -0.2) is 49.9 Å². The average molecular weight is 256 g/mol. The van der Waals surface area contributed by atoms with Crippen LogP contribution in [0.25, 0.3) is 0 Å². The monoisotopic (exact) mass is 256 g/mol. The lowest BCUT2D eigenvalue weighted by Crippen LogP contribution is -2.32. The van der Waals surface area contributed by atoms with Gasteiger partial charge in [-0.25, -0.2) is 9.36 Å². The second-order valence-corrected chi connectivity index (χ2v) is 4.15. The highest BCUT2D eigenvalue weighted by Gasteiger charge is 2.39. The molecule has 0 aromatic heterocycles. The van der Waals surface area contributed by atoms with Gasteiger partial charge in [0.1, 0.15) is 6.10 Å². The molecule has 0 amide bonds. The highest BCUT2D eigenvalue weighted by atomic mass is 31.2. The Balaban J connectivity index is 2.61. The fraction of sp³-hybridized carbons (Fsp3) is 0.500. The maximum absolute atomic E-state index is 10.7. The molecule has 5 N–H and O–H groups in total. The smallest absolute Gasteiger partial charge is 0.469 e. The normalized spacial score (nSPS) is 23.4. The lowest BCUT2D eigenvalue weighted by molar-refractivity contribution is -0.147. The number of esters is 1. The van der Waals surface area contributed by atoms with Crippen LogP contribution in [-0.2, 0) is 18.6 Å². The fourth-order valence-electron chi connectivity index (χ4n) is 0.988. The van der Waals surface area contributed by atoms with E-state index in [0.717, 1.165) is 0 Å². The summed E-state index contributed by atoms with van der Waals surface area (Å²) in [4.78, 5) is 27.4. The molecule has 1 aliphatic rings. The van der Waals surface area contributed by atoms with Gasteiger partial charge in [0.2, 0.25) is 5.76 Å². The molecular weight excluding hydrogens is 247 g/mol. The first kappa shape index (κ1) is 12.9. The summed E-state index contributed by atoms with van der Waals surface area (Å²) in [5.41, 5.74) is 0. The van der Waals surface area contributed by atoms with Gasteiger partial charge in [-0.15, -0.1) is 0 Å². The van der Waals surface area contributed by atoms with Gasteiger partial charge in [0, 0.05) is 0 Å². The number of phosphoric ester groups is 1. The minimum Gasteiger partial charge on any atom is -0.505 e. The molecule has 1 unspecified atom stereocenters. The first-order valence-corrected chi connectivity index (χ1v) is 5.46. The first-order chi connectivity index (χ1) is 7.22. The summed E-state index contributed by atoms with van der Waals surface area (Å²) in [7, 11) is -4.77. The Kier molecular flexibility index (Phi) is 3.56. The summed E-state index contributed by atoms with van der Waals surface area (Å²) in [6.45, 7) is -0.875. The van der Waals surface area contributed by atoms with E-state index in [-0.39, 0.29) is 0 Å². The first-order valence-electron chi connectivity index (χ1n) is 3.93.